The van der Waals surface area contributed by atoms with Crippen LogP contribution in [-0.4, -0.2) is 32.8 Å². The summed E-state index contributed by atoms with van der Waals surface area (Å²) in [4.78, 5) is 27.1. The van der Waals surface area contributed by atoms with Crippen molar-refractivity contribution in [2.24, 2.45) is 0 Å². The zero-order valence-electron chi connectivity index (χ0n) is 15.8. The van der Waals surface area contributed by atoms with Crippen LogP contribution >= 0.6 is 0 Å². The van der Waals surface area contributed by atoms with E-state index in [1.807, 2.05) is 56.4 Å². The number of aromatic nitrogens is 3. The highest BCUT2D eigenvalue weighted by molar-refractivity contribution is 5.97. The summed E-state index contributed by atoms with van der Waals surface area (Å²) in [5.41, 5.74) is 4.43. The summed E-state index contributed by atoms with van der Waals surface area (Å²) in [5, 5.41) is 3.39. The molecule has 138 valence electrons. The zero-order valence-corrected chi connectivity index (χ0v) is 15.8. The topological polar surface area (TPSA) is 71.0 Å². The maximum atomic E-state index is 13.1. The van der Waals surface area contributed by atoms with Crippen molar-refractivity contribution in [1.82, 2.24) is 19.9 Å². The van der Waals surface area contributed by atoms with E-state index in [0.717, 1.165) is 22.5 Å². The first kappa shape index (κ1) is 18.5. The number of pyridine rings is 1. The van der Waals surface area contributed by atoms with Gasteiger partial charge in [-0.1, -0.05) is 12.1 Å². The Bertz CT molecular complexity index is 899. The predicted molar refractivity (Wildman–Crippen MR) is 105 cm³/mol. The second-order valence-electron chi connectivity index (χ2n) is 6.42. The summed E-state index contributed by atoms with van der Waals surface area (Å²) in [7, 11) is 1.80. The van der Waals surface area contributed by atoms with E-state index < -0.39 is 0 Å². The van der Waals surface area contributed by atoms with Gasteiger partial charge in [0.15, 0.2) is 0 Å². The van der Waals surface area contributed by atoms with Crippen molar-refractivity contribution in [3.8, 4) is 0 Å². The minimum Gasteiger partial charge on any atom is -0.381 e. The molecule has 0 unspecified atom stereocenters. The van der Waals surface area contributed by atoms with E-state index in [1.165, 1.54) is 6.33 Å². The highest BCUT2D eigenvalue weighted by atomic mass is 16.2. The summed E-state index contributed by atoms with van der Waals surface area (Å²) < 4.78 is 0. The summed E-state index contributed by atoms with van der Waals surface area (Å²) in [6, 6.07) is 11.3. The Labute approximate surface area is 159 Å². The molecule has 1 amide bonds. The van der Waals surface area contributed by atoms with E-state index in [4.69, 9.17) is 0 Å². The lowest BCUT2D eigenvalue weighted by Gasteiger charge is -2.25. The molecule has 0 aliphatic carbocycles. The van der Waals surface area contributed by atoms with Crippen LogP contribution < -0.4 is 5.32 Å². The Morgan fingerprint density at radius 1 is 1.15 bits per heavy atom. The van der Waals surface area contributed by atoms with Gasteiger partial charge in [0.2, 0.25) is 0 Å². The Balaban J connectivity index is 1.77. The molecule has 0 spiro atoms. The van der Waals surface area contributed by atoms with Crippen LogP contribution in [0.1, 0.15) is 40.1 Å². The van der Waals surface area contributed by atoms with Crippen molar-refractivity contribution >= 4 is 11.6 Å². The largest absolute Gasteiger partial charge is 0.381 e. The van der Waals surface area contributed by atoms with Crippen LogP contribution in [-0.2, 0) is 6.54 Å². The molecule has 0 saturated heterocycles. The maximum absolute atomic E-state index is 13.1. The number of carbonyl (C=O) groups excluding carboxylic acids is 1. The molecule has 6 nitrogen and oxygen atoms in total. The average molecular weight is 361 g/mol. The lowest BCUT2D eigenvalue weighted by molar-refractivity contribution is 0.0739. The molecule has 0 fully saturated rings. The minimum atomic E-state index is -0.146. The Morgan fingerprint density at radius 2 is 2.00 bits per heavy atom. The Hall–Kier alpha value is -3.28. The van der Waals surface area contributed by atoms with E-state index in [9.17, 15) is 4.79 Å². The van der Waals surface area contributed by atoms with Gasteiger partial charge in [-0.05, 0) is 49.2 Å². The van der Waals surface area contributed by atoms with Crippen LogP contribution in [0, 0.1) is 6.92 Å². The lowest BCUT2D eigenvalue weighted by atomic mass is 10.0. The highest BCUT2D eigenvalue weighted by Gasteiger charge is 2.21. The molecule has 3 aromatic rings. The number of nitrogens with one attached hydrogen (secondary N) is 1. The second-order valence-corrected chi connectivity index (χ2v) is 6.42. The van der Waals surface area contributed by atoms with Gasteiger partial charge in [0, 0.05) is 43.4 Å². The van der Waals surface area contributed by atoms with Gasteiger partial charge in [-0.15, -0.1) is 0 Å². The minimum absolute atomic E-state index is 0.0383. The molecule has 6 heteroatoms. The molecule has 1 aromatic carbocycles. The third-order valence-electron chi connectivity index (χ3n) is 4.70. The van der Waals surface area contributed by atoms with Crippen molar-refractivity contribution in [1.29, 1.82) is 0 Å². The first-order chi connectivity index (χ1) is 13.1. The first-order valence-electron chi connectivity index (χ1n) is 8.83. The third kappa shape index (κ3) is 4.28. The monoisotopic (exact) mass is 361 g/mol. The molecule has 0 bridgehead atoms. The first-order valence-corrected chi connectivity index (χ1v) is 8.83. The summed E-state index contributed by atoms with van der Waals surface area (Å²) in [5.74, 6) is -0.0383. The molecule has 0 aliphatic heterocycles. The zero-order chi connectivity index (χ0) is 19.2. The number of amides is 1. The molecule has 0 aliphatic rings. The van der Waals surface area contributed by atoms with Crippen LogP contribution in [0.3, 0.4) is 0 Å². The molecular weight excluding hydrogens is 338 g/mol. The summed E-state index contributed by atoms with van der Waals surface area (Å²) in [6.45, 7) is 4.57. The number of rotatable bonds is 6. The molecule has 2 heterocycles. The lowest BCUT2D eigenvalue weighted by Crippen LogP contribution is -2.30. The molecule has 0 radical (unpaired) electrons. The SMILES string of the molecule is Cc1c(NCc2cccnc2)cccc1C(=O)N(C)[C@H](C)c1ccncn1. The normalized spacial score (nSPS) is 11.7. The van der Waals surface area contributed by atoms with E-state index in [2.05, 4.69) is 20.3 Å². The van der Waals surface area contributed by atoms with E-state index in [-0.39, 0.29) is 11.9 Å². The number of hydrogen-bond acceptors (Lipinski definition) is 5. The number of hydrogen-bond donors (Lipinski definition) is 1. The fourth-order valence-electron chi connectivity index (χ4n) is 2.87. The van der Waals surface area contributed by atoms with Gasteiger partial charge < -0.3 is 10.2 Å². The van der Waals surface area contributed by atoms with Crippen molar-refractivity contribution in [2.45, 2.75) is 26.4 Å². The van der Waals surface area contributed by atoms with Gasteiger partial charge in [0.1, 0.15) is 6.33 Å². The van der Waals surface area contributed by atoms with Crippen molar-refractivity contribution < 1.29 is 4.79 Å². The second kappa shape index (κ2) is 8.40. The summed E-state index contributed by atoms with van der Waals surface area (Å²) >= 11 is 0. The predicted octanol–water partition coefficient (Wildman–Crippen LogP) is 3.63. The highest BCUT2D eigenvalue weighted by Crippen LogP contribution is 2.24. The van der Waals surface area contributed by atoms with Crippen LogP contribution in [0.4, 0.5) is 5.69 Å². The quantitative estimate of drug-likeness (QED) is 0.726. The van der Waals surface area contributed by atoms with Gasteiger partial charge in [-0.25, -0.2) is 9.97 Å². The number of benzene rings is 1. The standard InChI is InChI=1S/C21H23N5O/c1-15-18(21(27)26(3)16(2)20-9-11-23-14-25-20)7-4-8-19(15)24-13-17-6-5-10-22-12-17/h4-12,14,16,24H,13H2,1-3H3/t16-/m1/s1. The van der Waals surface area contributed by atoms with E-state index in [1.54, 1.807) is 24.3 Å². The molecule has 1 N–H and O–H groups in total. The molecule has 1 atom stereocenters. The Kier molecular flexibility index (Phi) is 5.76. The number of nitrogens with zero attached hydrogens (tertiary/aromatic N) is 4. The van der Waals surface area contributed by atoms with Crippen molar-refractivity contribution in [3.63, 3.8) is 0 Å². The van der Waals surface area contributed by atoms with Gasteiger partial charge in [0.25, 0.3) is 5.91 Å². The fourth-order valence-corrected chi connectivity index (χ4v) is 2.87. The fraction of sp³-hybridized carbons (Fsp3) is 0.238. The van der Waals surface area contributed by atoms with E-state index >= 15 is 0 Å². The molecular formula is C21H23N5O. The van der Waals surface area contributed by atoms with Crippen LogP contribution in [0.15, 0.2) is 61.3 Å². The van der Waals surface area contributed by atoms with Crippen LogP contribution in [0.25, 0.3) is 0 Å². The molecule has 0 saturated carbocycles. The third-order valence-corrected chi connectivity index (χ3v) is 4.70. The maximum Gasteiger partial charge on any atom is 0.254 e. The number of anilines is 1. The Morgan fingerprint density at radius 3 is 2.70 bits per heavy atom. The van der Waals surface area contributed by atoms with Crippen molar-refractivity contribution in [3.05, 3.63) is 83.7 Å². The van der Waals surface area contributed by atoms with Gasteiger partial charge in [-0.3, -0.25) is 9.78 Å². The average Bonchev–Trinajstić information content (AvgIpc) is 2.73. The van der Waals surface area contributed by atoms with Crippen molar-refractivity contribution in [2.75, 3.05) is 12.4 Å². The smallest absolute Gasteiger partial charge is 0.254 e. The van der Waals surface area contributed by atoms with Gasteiger partial charge >= 0.3 is 0 Å². The molecule has 2 aromatic heterocycles. The van der Waals surface area contributed by atoms with Crippen LogP contribution in [0.2, 0.25) is 0 Å². The van der Waals surface area contributed by atoms with Crippen LogP contribution in [0.5, 0.6) is 0 Å². The number of carbonyl (C=O) groups is 1. The van der Waals surface area contributed by atoms with Gasteiger partial charge in [-0.2, -0.15) is 0 Å². The van der Waals surface area contributed by atoms with E-state index in [0.29, 0.717) is 12.1 Å². The molecule has 3 rings (SSSR count). The van der Waals surface area contributed by atoms with Gasteiger partial charge in [0.05, 0.1) is 11.7 Å². The molecule has 27 heavy (non-hydrogen) atoms. The summed E-state index contributed by atoms with van der Waals surface area (Å²) in [6.07, 6.45) is 6.76.